The second kappa shape index (κ2) is 5.78. The number of aryl methyl sites for hydroxylation is 2. The average molecular weight is 260 g/mol. The first-order valence-corrected chi connectivity index (χ1v) is 7.13. The van der Waals surface area contributed by atoms with Gasteiger partial charge >= 0.3 is 0 Å². The van der Waals surface area contributed by atoms with E-state index in [1.165, 1.54) is 0 Å². The molecule has 0 amide bonds. The summed E-state index contributed by atoms with van der Waals surface area (Å²) in [5, 5.41) is 0. The van der Waals surface area contributed by atoms with Crippen LogP contribution in [0.4, 0.5) is 5.69 Å². The van der Waals surface area contributed by atoms with Crippen LogP contribution in [-0.4, -0.2) is 14.9 Å². The summed E-state index contributed by atoms with van der Waals surface area (Å²) < 4.78 is 12.1. The summed E-state index contributed by atoms with van der Waals surface area (Å²) in [6, 6.07) is 11.3. The Morgan fingerprint density at radius 1 is 1.28 bits per heavy atom. The smallest absolute Gasteiger partial charge is 0.0533 e. The molecule has 4 heteroatoms. The predicted molar refractivity (Wildman–Crippen MR) is 74.8 cm³/mol. The van der Waals surface area contributed by atoms with Crippen molar-refractivity contribution in [2.24, 2.45) is 0 Å². The van der Waals surface area contributed by atoms with Gasteiger partial charge in [0.2, 0.25) is 0 Å². The molecule has 0 aliphatic rings. The van der Waals surface area contributed by atoms with Crippen molar-refractivity contribution in [3.8, 4) is 0 Å². The molecule has 1 heterocycles. The number of hydrogen-bond acceptors (Lipinski definition) is 3. The third-order valence-electron chi connectivity index (χ3n) is 2.77. The maximum atomic E-state index is 12.1. The molecule has 18 heavy (non-hydrogen) atoms. The fourth-order valence-corrected chi connectivity index (χ4v) is 2.81. The van der Waals surface area contributed by atoms with Crippen LogP contribution in [0.2, 0.25) is 0 Å². The molecule has 0 aliphatic carbocycles. The van der Waals surface area contributed by atoms with Gasteiger partial charge < -0.3 is 5.73 Å². The Hall–Kier alpha value is -1.68. The first-order valence-electron chi connectivity index (χ1n) is 5.81. The molecular weight excluding hydrogens is 244 g/mol. The van der Waals surface area contributed by atoms with Gasteiger partial charge in [-0.3, -0.25) is 9.19 Å². The fourth-order valence-electron chi connectivity index (χ4n) is 1.65. The molecule has 2 aromatic rings. The lowest BCUT2D eigenvalue weighted by molar-refractivity contribution is 0.682. The van der Waals surface area contributed by atoms with E-state index >= 15 is 0 Å². The third kappa shape index (κ3) is 3.17. The summed E-state index contributed by atoms with van der Waals surface area (Å²) in [5.41, 5.74) is 8.42. The number of rotatable bonds is 4. The van der Waals surface area contributed by atoms with E-state index in [4.69, 9.17) is 5.73 Å². The molecule has 0 bridgehead atoms. The second-order valence-electron chi connectivity index (χ2n) is 4.14. The molecule has 2 rings (SSSR count). The van der Waals surface area contributed by atoms with Crippen molar-refractivity contribution < 1.29 is 4.21 Å². The van der Waals surface area contributed by atoms with E-state index in [0.717, 1.165) is 28.3 Å². The number of nitrogen functional groups attached to an aromatic ring is 1. The van der Waals surface area contributed by atoms with Gasteiger partial charge in [0, 0.05) is 34.6 Å². The Morgan fingerprint density at radius 2 is 2.11 bits per heavy atom. The molecule has 0 saturated heterocycles. The zero-order valence-corrected chi connectivity index (χ0v) is 11.1. The average Bonchev–Trinajstić information content (AvgIpc) is 2.40. The van der Waals surface area contributed by atoms with Gasteiger partial charge in [0.25, 0.3) is 0 Å². The van der Waals surface area contributed by atoms with Crippen molar-refractivity contribution in [1.29, 1.82) is 0 Å². The molecule has 0 saturated carbocycles. The van der Waals surface area contributed by atoms with Gasteiger partial charge in [-0.15, -0.1) is 0 Å². The van der Waals surface area contributed by atoms with Crippen molar-refractivity contribution in [2.75, 3.05) is 11.5 Å². The lowest BCUT2D eigenvalue weighted by Crippen LogP contribution is -2.03. The Balaban J connectivity index is 2.02. The van der Waals surface area contributed by atoms with Crippen LogP contribution in [0.3, 0.4) is 0 Å². The van der Waals surface area contributed by atoms with E-state index in [2.05, 4.69) is 4.98 Å². The van der Waals surface area contributed by atoms with E-state index in [1.807, 2.05) is 43.3 Å². The van der Waals surface area contributed by atoms with Crippen LogP contribution >= 0.6 is 0 Å². The molecule has 0 aliphatic heterocycles. The number of nitrogens with zero attached hydrogens (tertiary/aromatic N) is 1. The van der Waals surface area contributed by atoms with Crippen LogP contribution in [0.1, 0.15) is 11.3 Å². The summed E-state index contributed by atoms with van der Waals surface area (Å²) in [7, 11) is -0.998. The number of hydrogen-bond donors (Lipinski definition) is 1. The fraction of sp³-hybridized carbons (Fsp3) is 0.214. The summed E-state index contributed by atoms with van der Waals surface area (Å²) in [4.78, 5) is 5.05. The SMILES string of the molecule is Cc1cc(S(=O)CCc2ccccn2)ccc1N. The van der Waals surface area contributed by atoms with Gasteiger partial charge in [-0.1, -0.05) is 6.07 Å². The van der Waals surface area contributed by atoms with Crippen LogP contribution in [-0.2, 0) is 17.2 Å². The minimum atomic E-state index is -0.998. The number of nitrogens with two attached hydrogens (primary N) is 1. The molecule has 0 radical (unpaired) electrons. The largest absolute Gasteiger partial charge is 0.399 e. The maximum absolute atomic E-state index is 12.1. The first kappa shape index (κ1) is 12.8. The lowest BCUT2D eigenvalue weighted by Gasteiger charge is -2.05. The highest BCUT2D eigenvalue weighted by atomic mass is 32.2. The topological polar surface area (TPSA) is 56.0 Å². The van der Waals surface area contributed by atoms with Gasteiger partial charge in [-0.25, -0.2) is 0 Å². The Morgan fingerprint density at radius 3 is 2.78 bits per heavy atom. The van der Waals surface area contributed by atoms with Crippen LogP contribution in [0, 0.1) is 6.92 Å². The van der Waals surface area contributed by atoms with Gasteiger partial charge in [-0.2, -0.15) is 0 Å². The number of benzene rings is 1. The Labute approximate surface area is 110 Å². The van der Waals surface area contributed by atoms with Crippen molar-refractivity contribution in [3.05, 3.63) is 53.9 Å². The summed E-state index contributed by atoms with van der Waals surface area (Å²) in [6.07, 6.45) is 2.47. The van der Waals surface area contributed by atoms with E-state index in [0.29, 0.717) is 5.75 Å². The monoisotopic (exact) mass is 260 g/mol. The van der Waals surface area contributed by atoms with Crippen LogP contribution in [0.5, 0.6) is 0 Å². The van der Waals surface area contributed by atoms with E-state index < -0.39 is 10.8 Å². The highest BCUT2D eigenvalue weighted by Gasteiger charge is 2.06. The molecular formula is C14H16N2OS. The van der Waals surface area contributed by atoms with Gasteiger partial charge in [0.1, 0.15) is 0 Å². The van der Waals surface area contributed by atoms with Crippen molar-refractivity contribution in [3.63, 3.8) is 0 Å². The summed E-state index contributed by atoms with van der Waals surface area (Å²) >= 11 is 0. The number of anilines is 1. The molecule has 2 N–H and O–H groups in total. The Bertz CT molecular complexity index is 555. The highest BCUT2D eigenvalue weighted by molar-refractivity contribution is 7.85. The van der Waals surface area contributed by atoms with Crippen molar-refractivity contribution >= 4 is 16.5 Å². The van der Waals surface area contributed by atoms with Crippen LogP contribution in [0.15, 0.2) is 47.5 Å². The lowest BCUT2D eigenvalue weighted by atomic mass is 10.2. The zero-order chi connectivity index (χ0) is 13.0. The minimum Gasteiger partial charge on any atom is -0.399 e. The quantitative estimate of drug-likeness (QED) is 0.858. The van der Waals surface area contributed by atoms with Crippen molar-refractivity contribution in [2.45, 2.75) is 18.2 Å². The van der Waals surface area contributed by atoms with E-state index in [9.17, 15) is 4.21 Å². The first-order chi connectivity index (χ1) is 8.66. The van der Waals surface area contributed by atoms with E-state index in [-0.39, 0.29) is 0 Å². The molecule has 3 nitrogen and oxygen atoms in total. The second-order valence-corrected chi connectivity index (χ2v) is 5.71. The van der Waals surface area contributed by atoms with Gasteiger partial charge in [-0.05, 0) is 42.8 Å². The van der Waals surface area contributed by atoms with Gasteiger partial charge in [0.15, 0.2) is 0 Å². The molecule has 0 spiro atoms. The predicted octanol–water partition coefficient (Wildman–Crippen LogP) is 2.32. The van der Waals surface area contributed by atoms with Crippen LogP contribution < -0.4 is 5.73 Å². The zero-order valence-electron chi connectivity index (χ0n) is 10.3. The highest BCUT2D eigenvalue weighted by Crippen LogP contribution is 2.16. The normalized spacial score (nSPS) is 12.3. The molecule has 94 valence electrons. The molecule has 1 aromatic heterocycles. The standard InChI is InChI=1S/C14H16N2OS/c1-11-10-13(5-6-14(11)15)18(17)9-7-12-4-2-3-8-16-12/h2-6,8,10H,7,9,15H2,1H3. The maximum Gasteiger partial charge on any atom is 0.0533 e. The third-order valence-corrected chi connectivity index (χ3v) is 4.13. The summed E-state index contributed by atoms with van der Waals surface area (Å²) in [6.45, 7) is 1.93. The van der Waals surface area contributed by atoms with Gasteiger partial charge in [0.05, 0.1) is 10.8 Å². The number of aromatic nitrogens is 1. The van der Waals surface area contributed by atoms with Crippen molar-refractivity contribution in [1.82, 2.24) is 4.98 Å². The molecule has 1 aromatic carbocycles. The van der Waals surface area contributed by atoms with Crippen LogP contribution in [0.25, 0.3) is 0 Å². The molecule has 1 unspecified atom stereocenters. The molecule has 0 fully saturated rings. The molecule has 1 atom stereocenters. The Kier molecular flexibility index (Phi) is 4.10. The van der Waals surface area contributed by atoms with E-state index in [1.54, 1.807) is 6.20 Å². The number of pyridine rings is 1. The summed E-state index contributed by atoms with van der Waals surface area (Å²) in [5.74, 6) is 0.584. The minimum absolute atomic E-state index is 0.584.